The monoisotopic (exact) mass is 443 g/mol. The van der Waals surface area contributed by atoms with E-state index in [-0.39, 0.29) is 0 Å². The van der Waals surface area contributed by atoms with Gasteiger partial charge in [0.15, 0.2) is 6.61 Å². The van der Waals surface area contributed by atoms with Crippen molar-refractivity contribution >= 4 is 5.90 Å². The number of ether oxygens (including phenoxy) is 2. The molecule has 172 valence electrons. The normalized spacial score (nSPS) is 15.5. The van der Waals surface area contributed by atoms with Crippen molar-refractivity contribution in [1.82, 2.24) is 9.97 Å². The molecule has 0 saturated heterocycles. The molecule has 1 atom stereocenters. The average molecular weight is 444 g/mol. The van der Waals surface area contributed by atoms with Crippen LogP contribution < -0.4 is 4.74 Å². The number of nitrogens with zero attached hydrogens (tertiary/aromatic N) is 3. The van der Waals surface area contributed by atoms with Crippen LogP contribution in [-0.4, -0.2) is 35.6 Å². The van der Waals surface area contributed by atoms with Crippen molar-refractivity contribution in [2.75, 3.05) is 19.8 Å². The van der Waals surface area contributed by atoms with Gasteiger partial charge in [0, 0.05) is 30.3 Å². The summed E-state index contributed by atoms with van der Waals surface area (Å²) in [6.45, 7) is 3.95. The second-order valence-electron chi connectivity index (χ2n) is 8.52. The lowest BCUT2D eigenvalue weighted by Crippen LogP contribution is -2.26. The Morgan fingerprint density at radius 1 is 0.879 bits per heavy atom. The molecule has 5 nitrogen and oxygen atoms in total. The molecule has 1 aliphatic rings. The number of aryl methyl sites for hydroxylation is 1. The standard InChI is InChI=1S/C28H33N3O2/c1-2-3-4-5-9-12-27-29-17-24(18-30-27)23-13-15-26(16-14-23)32-21-28-31-19-25(20-33-28)22-10-7-6-8-11-22/h6-8,10-11,13-18,25H,2-5,9,12,19-21H2,1H3. The first-order valence-corrected chi connectivity index (χ1v) is 12.1. The molecular weight excluding hydrogens is 410 g/mol. The van der Waals surface area contributed by atoms with Gasteiger partial charge >= 0.3 is 0 Å². The van der Waals surface area contributed by atoms with E-state index in [1.165, 1.54) is 31.2 Å². The average Bonchev–Trinajstić information content (AvgIpc) is 2.89. The van der Waals surface area contributed by atoms with Crippen LogP contribution >= 0.6 is 0 Å². The lowest BCUT2D eigenvalue weighted by atomic mass is 10.00. The van der Waals surface area contributed by atoms with Crippen molar-refractivity contribution in [2.45, 2.75) is 51.4 Å². The van der Waals surface area contributed by atoms with Crippen molar-refractivity contribution in [2.24, 2.45) is 4.99 Å². The van der Waals surface area contributed by atoms with E-state index in [4.69, 9.17) is 9.47 Å². The van der Waals surface area contributed by atoms with Crippen LogP contribution in [0.25, 0.3) is 11.1 Å². The predicted molar refractivity (Wildman–Crippen MR) is 133 cm³/mol. The molecule has 0 saturated carbocycles. The van der Waals surface area contributed by atoms with Gasteiger partial charge < -0.3 is 9.47 Å². The molecular formula is C28H33N3O2. The van der Waals surface area contributed by atoms with Crippen molar-refractivity contribution in [3.63, 3.8) is 0 Å². The summed E-state index contributed by atoms with van der Waals surface area (Å²) in [5.74, 6) is 2.69. The van der Waals surface area contributed by atoms with Crippen LogP contribution in [0.2, 0.25) is 0 Å². The second kappa shape index (κ2) is 12.1. The molecule has 0 aliphatic carbocycles. The number of hydrogen-bond donors (Lipinski definition) is 0. The van der Waals surface area contributed by atoms with Crippen LogP contribution in [0.3, 0.4) is 0 Å². The minimum atomic E-state index is 0.309. The van der Waals surface area contributed by atoms with E-state index >= 15 is 0 Å². The maximum Gasteiger partial charge on any atom is 0.222 e. The highest BCUT2D eigenvalue weighted by molar-refractivity contribution is 5.78. The Morgan fingerprint density at radius 2 is 1.64 bits per heavy atom. The van der Waals surface area contributed by atoms with Crippen LogP contribution in [0.4, 0.5) is 0 Å². The number of unbranched alkanes of at least 4 members (excludes halogenated alkanes) is 4. The highest BCUT2D eigenvalue weighted by Gasteiger charge is 2.18. The van der Waals surface area contributed by atoms with E-state index in [1.54, 1.807) is 0 Å². The summed E-state index contributed by atoms with van der Waals surface area (Å²) < 4.78 is 11.7. The van der Waals surface area contributed by atoms with Gasteiger partial charge in [0.05, 0.1) is 13.2 Å². The fourth-order valence-corrected chi connectivity index (χ4v) is 3.93. The van der Waals surface area contributed by atoms with Crippen molar-refractivity contribution in [1.29, 1.82) is 0 Å². The van der Waals surface area contributed by atoms with Gasteiger partial charge in [0.2, 0.25) is 5.90 Å². The third kappa shape index (κ3) is 6.88. The van der Waals surface area contributed by atoms with E-state index in [0.29, 0.717) is 25.0 Å². The van der Waals surface area contributed by atoms with Crippen molar-refractivity contribution < 1.29 is 9.47 Å². The summed E-state index contributed by atoms with van der Waals surface area (Å²) in [7, 11) is 0. The maximum atomic E-state index is 5.88. The third-order valence-corrected chi connectivity index (χ3v) is 5.97. The fraction of sp³-hybridized carbons (Fsp3) is 0.393. The zero-order valence-corrected chi connectivity index (χ0v) is 19.5. The first-order chi connectivity index (χ1) is 16.3. The fourth-order valence-electron chi connectivity index (χ4n) is 3.93. The number of rotatable bonds is 11. The van der Waals surface area contributed by atoms with Crippen LogP contribution in [0.15, 0.2) is 72.0 Å². The number of aliphatic imine (C=N–C) groups is 1. The molecule has 0 amide bonds. The quantitative estimate of drug-likeness (QED) is 0.329. The largest absolute Gasteiger partial charge is 0.484 e. The molecule has 2 heterocycles. The molecule has 5 heteroatoms. The SMILES string of the molecule is CCCCCCCc1ncc(-c2ccc(OCC3=NCC(c4ccccc4)CO3)cc2)cn1. The Labute approximate surface area is 196 Å². The van der Waals surface area contributed by atoms with Crippen LogP contribution in [-0.2, 0) is 11.2 Å². The summed E-state index contributed by atoms with van der Waals surface area (Å²) in [5.41, 5.74) is 3.36. The summed E-state index contributed by atoms with van der Waals surface area (Å²) >= 11 is 0. The van der Waals surface area contributed by atoms with E-state index in [1.807, 2.05) is 42.7 Å². The molecule has 0 fully saturated rings. The molecule has 1 unspecified atom stereocenters. The van der Waals surface area contributed by atoms with E-state index in [2.05, 4.69) is 46.1 Å². The lowest BCUT2D eigenvalue weighted by Gasteiger charge is -2.22. The summed E-state index contributed by atoms with van der Waals surface area (Å²) in [5, 5.41) is 0. The van der Waals surface area contributed by atoms with Crippen molar-refractivity contribution in [3.05, 3.63) is 78.4 Å². The number of benzene rings is 2. The van der Waals surface area contributed by atoms with Gasteiger partial charge in [-0.25, -0.2) is 9.97 Å². The molecule has 1 aromatic heterocycles. The highest BCUT2D eigenvalue weighted by atomic mass is 16.5. The Kier molecular flexibility index (Phi) is 8.45. The topological polar surface area (TPSA) is 56.6 Å². The van der Waals surface area contributed by atoms with Gasteiger partial charge in [-0.15, -0.1) is 0 Å². The van der Waals surface area contributed by atoms with Gasteiger partial charge in [0.1, 0.15) is 11.6 Å². The predicted octanol–water partition coefficient (Wildman–Crippen LogP) is 6.25. The van der Waals surface area contributed by atoms with E-state index < -0.39 is 0 Å². The van der Waals surface area contributed by atoms with Gasteiger partial charge in [0.25, 0.3) is 0 Å². The lowest BCUT2D eigenvalue weighted by molar-refractivity contribution is 0.227. The first kappa shape index (κ1) is 23.0. The van der Waals surface area contributed by atoms with Crippen LogP contribution in [0.1, 0.15) is 56.3 Å². The Balaban J connectivity index is 1.24. The minimum Gasteiger partial charge on any atom is -0.484 e. The molecule has 33 heavy (non-hydrogen) atoms. The van der Waals surface area contributed by atoms with Crippen molar-refractivity contribution in [3.8, 4) is 16.9 Å². The van der Waals surface area contributed by atoms with Crippen LogP contribution in [0, 0.1) is 0 Å². The maximum absolute atomic E-state index is 5.88. The third-order valence-electron chi connectivity index (χ3n) is 5.97. The molecule has 0 N–H and O–H groups in total. The highest BCUT2D eigenvalue weighted by Crippen LogP contribution is 2.23. The van der Waals surface area contributed by atoms with Gasteiger partial charge in [-0.1, -0.05) is 75.1 Å². The molecule has 4 rings (SSSR count). The van der Waals surface area contributed by atoms with Crippen LogP contribution in [0.5, 0.6) is 5.75 Å². The number of aromatic nitrogens is 2. The van der Waals surface area contributed by atoms with Gasteiger partial charge in [-0.3, -0.25) is 4.99 Å². The Bertz CT molecular complexity index is 1000. The second-order valence-corrected chi connectivity index (χ2v) is 8.52. The zero-order chi connectivity index (χ0) is 22.7. The first-order valence-electron chi connectivity index (χ1n) is 12.1. The molecule has 2 aromatic carbocycles. The van der Waals surface area contributed by atoms with Gasteiger partial charge in [-0.2, -0.15) is 0 Å². The minimum absolute atomic E-state index is 0.309. The summed E-state index contributed by atoms with van der Waals surface area (Å²) in [4.78, 5) is 13.7. The Morgan fingerprint density at radius 3 is 2.33 bits per heavy atom. The molecule has 3 aromatic rings. The number of hydrogen-bond acceptors (Lipinski definition) is 5. The molecule has 0 radical (unpaired) electrons. The molecule has 0 bridgehead atoms. The molecule has 1 aliphatic heterocycles. The zero-order valence-electron chi connectivity index (χ0n) is 19.5. The summed E-state index contributed by atoms with van der Waals surface area (Å²) in [6.07, 6.45) is 11.1. The van der Waals surface area contributed by atoms with E-state index in [0.717, 1.165) is 42.1 Å². The van der Waals surface area contributed by atoms with E-state index in [9.17, 15) is 0 Å². The molecule has 0 spiro atoms. The van der Waals surface area contributed by atoms with Gasteiger partial charge in [-0.05, 0) is 29.7 Å². The summed E-state index contributed by atoms with van der Waals surface area (Å²) in [6, 6.07) is 18.4. The smallest absolute Gasteiger partial charge is 0.222 e. The Hall–Kier alpha value is -3.21.